The number of anilines is 1. The van der Waals surface area contributed by atoms with Crippen LogP contribution < -0.4 is 9.64 Å². The molecule has 156 valence electrons. The zero-order valence-corrected chi connectivity index (χ0v) is 19.1. The third-order valence-corrected chi connectivity index (χ3v) is 7.38. The molecule has 1 amide bonds. The van der Waals surface area contributed by atoms with Gasteiger partial charge in [0, 0.05) is 0 Å². The molecule has 1 aromatic heterocycles. The average molecular weight is 445 g/mol. The van der Waals surface area contributed by atoms with E-state index in [1.54, 1.807) is 30.3 Å². The Hall–Kier alpha value is -1.95. The van der Waals surface area contributed by atoms with Crippen molar-refractivity contribution in [1.82, 2.24) is 4.98 Å². The molecule has 0 fully saturated rings. The molecule has 3 heterocycles. The maximum absolute atomic E-state index is 14.9. The summed E-state index contributed by atoms with van der Waals surface area (Å²) in [6, 6.07) is 6.92. The van der Waals surface area contributed by atoms with Gasteiger partial charge in [-0.2, -0.15) is 0 Å². The normalized spacial score (nSPS) is 16.6. The molecule has 0 saturated heterocycles. The van der Waals surface area contributed by atoms with Crippen molar-refractivity contribution in [2.45, 2.75) is 38.6 Å². The molecule has 0 spiro atoms. The van der Waals surface area contributed by atoms with Gasteiger partial charge >= 0.3 is 181 Å². The molecule has 5 nitrogen and oxygen atoms in total. The number of halogens is 1. The van der Waals surface area contributed by atoms with E-state index in [2.05, 4.69) is 25.8 Å². The van der Waals surface area contributed by atoms with Crippen LogP contribution >= 0.6 is 19.6 Å². The SMILES string of the molecule is COc1ccc(CN2C(=O)CCSc3cc(F)c(C4=[P+]=C(C(C)(C)C)O4)cc32)cn1. The number of nitrogens with zero attached hydrogens (tertiary/aromatic N) is 2. The molecular formula is C22H23FN2O3PS+. The number of thioether (sulfide) groups is 1. The second-order valence-corrected chi connectivity index (χ2v) is 10.3. The van der Waals surface area contributed by atoms with Gasteiger partial charge in [-0.3, -0.25) is 0 Å². The van der Waals surface area contributed by atoms with Crippen LogP contribution in [0.5, 0.6) is 5.88 Å². The topological polar surface area (TPSA) is 51.7 Å². The van der Waals surface area contributed by atoms with E-state index in [1.807, 2.05) is 6.07 Å². The molecule has 0 N–H and O–H groups in total. The number of methoxy groups -OCH3 is 1. The van der Waals surface area contributed by atoms with Gasteiger partial charge in [0.1, 0.15) is 0 Å². The van der Waals surface area contributed by atoms with E-state index in [0.717, 1.165) is 23.8 Å². The second kappa shape index (κ2) is 8.29. The third kappa shape index (κ3) is 4.25. The first kappa shape index (κ1) is 21.3. The fourth-order valence-electron chi connectivity index (χ4n) is 3.16. The van der Waals surface area contributed by atoms with E-state index >= 15 is 0 Å². The molecule has 0 saturated carbocycles. The summed E-state index contributed by atoms with van der Waals surface area (Å²) in [4.78, 5) is 19.6. The van der Waals surface area contributed by atoms with Crippen molar-refractivity contribution >= 4 is 42.1 Å². The fraction of sp³-hybridized carbons (Fsp3) is 0.364. The van der Waals surface area contributed by atoms with Crippen molar-refractivity contribution in [3.8, 4) is 5.88 Å². The maximum atomic E-state index is 14.9. The van der Waals surface area contributed by atoms with Crippen LogP contribution in [0.3, 0.4) is 0 Å². The van der Waals surface area contributed by atoms with Crippen molar-refractivity contribution in [2.24, 2.45) is 5.41 Å². The first-order chi connectivity index (χ1) is 14.3. The van der Waals surface area contributed by atoms with Crippen LogP contribution in [0.1, 0.15) is 38.3 Å². The van der Waals surface area contributed by atoms with Gasteiger partial charge in [0.05, 0.1) is 0 Å². The zero-order valence-electron chi connectivity index (χ0n) is 17.4. The Balaban J connectivity index is 1.73. The molecule has 0 radical (unpaired) electrons. The monoisotopic (exact) mass is 445 g/mol. The Labute approximate surface area is 181 Å². The van der Waals surface area contributed by atoms with E-state index in [0.29, 0.717) is 41.3 Å². The van der Waals surface area contributed by atoms with Gasteiger partial charge in [-0.15, -0.1) is 0 Å². The zero-order chi connectivity index (χ0) is 21.5. The van der Waals surface area contributed by atoms with E-state index in [9.17, 15) is 9.18 Å². The molecule has 2 aliphatic heterocycles. The van der Waals surface area contributed by atoms with Crippen LogP contribution in [0.4, 0.5) is 10.1 Å². The van der Waals surface area contributed by atoms with Crippen molar-refractivity contribution < 1.29 is 18.7 Å². The Morgan fingerprint density at radius 2 is 2.10 bits per heavy atom. The number of fused-ring (bicyclic) bond motifs is 1. The molecule has 2 aromatic rings. The van der Waals surface area contributed by atoms with Crippen LogP contribution in [-0.2, 0) is 16.1 Å². The van der Waals surface area contributed by atoms with E-state index in [4.69, 9.17) is 9.47 Å². The standard InChI is InChI=1S/C22H23FN2O3PS/c1-22(2,3)21-28-20(29-21)14-9-16-17(10-15(14)23)30-8-7-19(26)25(16)12-13-5-6-18(27-4)24-11-13/h5-6,9-11H,7-8,12H2,1-4H3/q+1. The number of rotatable bonds is 4. The fourth-order valence-corrected chi connectivity index (χ4v) is 5.12. The Kier molecular flexibility index (Phi) is 5.88. The van der Waals surface area contributed by atoms with Gasteiger partial charge in [0.25, 0.3) is 0 Å². The van der Waals surface area contributed by atoms with Gasteiger partial charge in [-0.1, -0.05) is 0 Å². The Bertz CT molecular complexity index is 1070. The number of carbonyl (C=O) groups excluding carboxylic acids is 1. The number of hydrogen-bond acceptors (Lipinski definition) is 5. The average Bonchev–Trinajstić information content (AvgIpc) is 2.79. The number of pyridine rings is 1. The van der Waals surface area contributed by atoms with Crippen LogP contribution in [0.2, 0.25) is 0 Å². The summed E-state index contributed by atoms with van der Waals surface area (Å²) in [5.74, 6) is 0.824. The van der Waals surface area contributed by atoms with Crippen molar-refractivity contribution in [2.75, 3.05) is 17.8 Å². The van der Waals surface area contributed by atoms with Crippen LogP contribution in [0.25, 0.3) is 0 Å². The van der Waals surface area contributed by atoms with Crippen LogP contribution in [-0.4, -0.2) is 34.7 Å². The van der Waals surface area contributed by atoms with Crippen molar-refractivity contribution in [3.05, 3.63) is 47.4 Å². The molecule has 2 aliphatic rings. The van der Waals surface area contributed by atoms with Gasteiger partial charge in [-0.05, 0) is 0 Å². The molecule has 8 heteroatoms. The summed E-state index contributed by atoms with van der Waals surface area (Å²) >= 11 is 1.50. The van der Waals surface area contributed by atoms with Gasteiger partial charge < -0.3 is 0 Å². The van der Waals surface area contributed by atoms with Crippen molar-refractivity contribution in [1.29, 1.82) is 0 Å². The summed E-state index contributed by atoms with van der Waals surface area (Å²) in [5.41, 5.74) is 3.42. The molecular weight excluding hydrogens is 422 g/mol. The van der Waals surface area contributed by atoms with Crippen LogP contribution in [0, 0.1) is 11.2 Å². The van der Waals surface area contributed by atoms with E-state index in [-0.39, 0.29) is 17.1 Å². The van der Waals surface area contributed by atoms with Gasteiger partial charge in [0.2, 0.25) is 0 Å². The predicted octanol–water partition coefficient (Wildman–Crippen LogP) is 4.89. The number of amides is 1. The second-order valence-electron chi connectivity index (χ2n) is 8.16. The number of carbonyl (C=O) groups is 1. The van der Waals surface area contributed by atoms with E-state index < -0.39 is 0 Å². The summed E-state index contributed by atoms with van der Waals surface area (Å²) in [5, 5.41) is 0. The molecule has 0 atom stereocenters. The quantitative estimate of drug-likeness (QED) is 0.628. The molecule has 4 rings (SSSR count). The van der Waals surface area contributed by atoms with Crippen molar-refractivity contribution in [3.63, 3.8) is 0 Å². The molecule has 30 heavy (non-hydrogen) atoms. The molecule has 0 unspecified atom stereocenters. The van der Waals surface area contributed by atoms with E-state index in [1.165, 1.54) is 17.8 Å². The number of benzene rings is 1. The summed E-state index contributed by atoms with van der Waals surface area (Å²) in [7, 11) is 2.45. The summed E-state index contributed by atoms with van der Waals surface area (Å²) in [6.45, 7) is 6.57. The minimum absolute atomic E-state index is 0.00801. The predicted molar refractivity (Wildman–Crippen MR) is 120 cm³/mol. The first-order valence-electron chi connectivity index (χ1n) is 9.66. The molecule has 0 bridgehead atoms. The molecule has 0 aliphatic carbocycles. The summed E-state index contributed by atoms with van der Waals surface area (Å²) in [6.07, 6.45) is 2.09. The number of aromatic nitrogens is 1. The Morgan fingerprint density at radius 1 is 1.33 bits per heavy atom. The summed E-state index contributed by atoms with van der Waals surface area (Å²) < 4.78 is 25.8. The number of ether oxygens (including phenoxy) is 2. The first-order valence-corrected chi connectivity index (χ1v) is 11.5. The molecule has 1 aromatic carbocycles. The van der Waals surface area contributed by atoms with Gasteiger partial charge in [0.15, 0.2) is 0 Å². The van der Waals surface area contributed by atoms with Crippen LogP contribution in [0.15, 0.2) is 35.4 Å². The number of hydrogen-bond donors (Lipinski definition) is 0. The minimum atomic E-state index is -0.322. The third-order valence-electron chi connectivity index (χ3n) is 4.83. The van der Waals surface area contributed by atoms with Gasteiger partial charge in [-0.25, -0.2) is 0 Å². The Morgan fingerprint density at radius 3 is 2.73 bits per heavy atom.